The molecular weight excluding hydrogens is 232 g/mol. The van der Waals surface area contributed by atoms with E-state index in [0.717, 1.165) is 26.1 Å². The molecule has 0 spiro atoms. The summed E-state index contributed by atoms with van der Waals surface area (Å²) < 4.78 is 0. The van der Waals surface area contributed by atoms with Gasteiger partial charge in [-0.1, -0.05) is 45.9 Å². The molecule has 0 saturated heterocycles. The monoisotopic (exact) mass is 262 g/mol. The molecule has 0 aromatic heterocycles. The molecule has 0 heterocycles. The average Bonchev–Trinajstić information content (AvgIpc) is 2.34. The number of nitrogens with one attached hydrogen (secondary N) is 1. The van der Waals surface area contributed by atoms with Gasteiger partial charge in [0.1, 0.15) is 0 Å². The fraction of sp³-hybridized carbons (Fsp3) is 0.647. The first kappa shape index (κ1) is 16.2. The molecule has 0 fully saturated rings. The molecule has 2 heteroatoms. The zero-order chi connectivity index (χ0) is 14.5. The van der Waals surface area contributed by atoms with Crippen LogP contribution in [0.5, 0.6) is 0 Å². The molecule has 2 nitrogen and oxygen atoms in total. The van der Waals surface area contributed by atoms with Crippen molar-refractivity contribution >= 4 is 0 Å². The number of hydrogen-bond donors (Lipinski definition) is 2. The number of hydrogen-bond acceptors (Lipinski definition) is 2. The Morgan fingerprint density at radius 1 is 1.26 bits per heavy atom. The number of benzene rings is 1. The van der Waals surface area contributed by atoms with E-state index >= 15 is 0 Å². The predicted molar refractivity (Wildman–Crippen MR) is 84.4 cm³/mol. The van der Waals surface area contributed by atoms with Crippen molar-refractivity contribution in [2.45, 2.75) is 53.0 Å². The topological polar surface area (TPSA) is 38.0 Å². The zero-order valence-corrected chi connectivity index (χ0v) is 13.2. The van der Waals surface area contributed by atoms with E-state index in [1.54, 1.807) is 0 Å². The SMILES string of the molecule is Cc1cc(C(C)(C)C)ccc1CNCCC(C)CN. The molecule has 0 aliphatic carbocycles. The fourth-order valence-electron chi connectivity index (χ4n) is 2.05. The van der Waals surface area contributed by atoms with Crippen molar-refractivity contribution in [2.24, 2.45) is 11.7 Å². The lowest BCUT2D eigenvalue weighted by Gasteiger charge is -2.20. The number of aryl methyl sites for hydroxylation is 1. The summed E-state index contributed by atoms with van der Waals surface area (Å²) in [5, 5.41) is 3.51. The van der Waals surface area contributed by atoms with Gasteiger partial charge >= 0.3 is 0 Å². The molecule has 19 heavy (non-hydrogen) atoms. The minimum atomic E-state index is 0.229. The van der Waals surface area contributed by atoms with Crippen LogP contribution in [0, 0.1) is 12.8 Å². The molecule has 3 N–H and O–H groups in total. The van der Waals surface area contributed by atoms with Crippen LogP contribution in [0.25, 0.3) is 0 Å². The molecule has 0 aliphatic heterocycles. The second kappa shape index (κ2) is 7.06. The Bertz CT molecular complexity index is 391. The Hall–Kier alpha value is -0.860. The Kier molecular flexibility index (Phi) is 6.02. The first-order valence-corrected chi connectivity index (χ1v) is 7.35. The highest BCUT2D eigenvalue weighted by atomic mass is 14.8. The van der Waals surface area contributed by atoms with Gasteiger partial charge in [0.15, 0.2) is 0 Å². The van der Waals surface area contributed by atoms with Gasteiger partial charge in [-0.05, 0) is 54.5 Å². The van der Waals surface area contributed by atoms with E-state index in [9.17, 15) is 0 Å². The maximum atomic E-state index is 5.62. The Balaban J connectivity index is 2.52. The lowest BCUT2D eigenvalue weighted by atomic mass is 9.85. The molecule has 1 atom stereocenters. The smallest absolute Gasteiger partial charge is 0.0208 e. The average molecular weight is 262 g/mol. The molecule has 108 valence electrons. The van der Waals surface area contributed by atoms with Crippen LogP contribution in [-0.4, -0.2) is 13.1 Å². The van der Waals surface area contributed by atoms with Gasteiger partial charge in [0.2, 0.25) is 0 Å². The predicted octanol–water partition coefficient (Wildman–Crippen LogP) is 3.37. The van der Waals surface area contributed by atoms with E-state index in [2.05, 4.69) is 58.1 Å². The van der Waals surface area contributed by atoms with Crippen molar-refractivity contribution in [2.75, 3.05) is 13.1 Å². The quantitative estimate of drug-likeness (QED) is 0.771. The standard InChI is InChI=1S/C17H30N2/c1-13(11-18)8-9-19-12-15-6-7-16(10-14(15)2)17(3,4)5/h6-7,10,13,19H,8-9,11-12,18H2,1-5H3. The van der Waals surface area contributed by atoms with E-state index in [0.29, 0.717) is 5.92 Å². The summed E-state index contributed by atoms with van der Waals surface area (Å²) in [6.07, 6.45) is 1.15. The van der Waals surface area contributed by atoms with Gasteiger partial charge in [-0.3, -0.25) is 0 Å². The highest BCUT2D eigenvalue weighted by Crippen LogP contribution is 2.24. The molecule has 0 bridgehead atoms. The third-order valence-corrected chi connectivity index (χ3v) is 3.74. The molecule has 0 aliphatic rings. The van der Waals surface area contributed by atoms with E-state index in [1.165, 1.54) is 16.7 Å². The highest BCUT2D eigenvalue weighted by molar-refractivity contribution is 5.34. The van der Waals surface area contributed by atoms with Crippen LogP contribution in [0.4, 0.5) is 0 Å². The normalized spacial score (nSPS) is 13.6. The lowest BCUT2D eigenvalue weighted by Crippen LogP contribution is -2.21. The van der Waals surface area contributed by atoms with Crippen molar-refractivity contribution < 1.29 is 0 Å². The summed E-state index contributed by atoms with van der Waals surface area (Å²) in [5.41, 5.74) is 10.0. The van der Waals surface area contributed by atoms with Crippen LogP contribution in [0.1, 0.15) is 50.8 Å². The number of nitrogens with two attached hydrogens (primary N) is 1. The van der Waals surface area contributed by atoms with Crippen LogP contribution in [0.2, 0.25) is 0 Å². The molecule has 1 rings (SSSR count). The summed E-state index contributed by atoms with van der Waals surface area (Å²) in [7, 11) is 0. The lowest BCUT2D eigenvalue weighted by molar-refractivity contribution is 0.509. The Morgan fingerprint density at radius 2 is 1.95 bits per heavy atom. The maximum absolute atomic E-state index is 5.62. The van der Waals surface area contributed by atoms with E-state index in [4.69, 9.17) is 5.73 Å². The molecule has 1 aromatic rings. The van der Waals surface area contributed by atoms with Gasteiger partial charge in [-0.15, -0.1) is 0 Å². The molecule has 0 radical (unpaired) electrons. The van der Waals surface area contributed by atoms with Crippen molar-refractivity contribution in [1.82, 2.24) is 5.32 Å². The van der Waals surface area contributed by atoms with E-state index in [-0.39, 0.29) is 5.41 Å². The first-order valence-electron chi connectivity index (χ1n) is 7.35. The third-order valence-electron chi connectivity index (χ3n) is 3.74. The fourth-order valence-corrected chi connectivity index (χ4v) is 2.05. The van der Waals surface area contributed by atoms with Crippen LogP contribution in [-0.2, 0) is 12.0 Å². The minimum Gasteiger partial charge on any atom is -0.330 e. The van der Waals surface area contributed by atoms with Crippen LogP contribution < -0.4 is 11.1 Å². The second-order valence-corrected chi connectivity index (χ2v) is 6.70. The molecule has 1 aromatic carbocycles. The Labute approximate surface area is 118 Å². The highest BCUT2D eigenvalue weighted by Gasteiger charge is 2.14. The first-order chi connectivity index (χ1) is 8.84. The third kappa shape index (κ3) is 5.33. The van der Waals surface area contributed by atoms with Crippen molar-refractivity contribution in [3.63, 3.8) is 0 Å². The van der Waals surface area contributed by atoms with Crippen LogP contribution >= 0.6 is 0 Å². The van der Waals surface area contributed by atoms with Crippen molar-refractivity contribution in [3.05, 3.63) is 34.9 Å². The van der Waals surface area contributed by atoms with Crippen LogP contribution in [0.15, 0.2) is 18.2 Å². The summed E-state index contributed by atoms with van der Waals surface area (Å²) >= 11 is 0. The molecular formula is C17H30N2. The van der Waals surface area contributed by atoms with Crippen LogP contribution in [0.3, 0.4) is 0 Å². The molecule has 0 saturated carbocycles. The number of rotatable bonds is 6. The van der Waals surface area contributed by atoms with Gasteiger partial charge in [-0.25, -0.2) is 0 Å². The Morgan fingerprint density at radius 3 is 2.47 bits per heavy atom. The van der Waals surface area contributed by atoms with Gasteiger partial charge in [0, 0.05) is 6.54 Å². The van der Waals surface area contributed by atoms with E-state index in [1.807, 2.05) is 0 Å². The largest absolute Gasteiger partial charge is 0.330 e. The van der Waals surface area contributed by atoms with Crippen molar-refractivity contribution in [3.8, 4) is 0 Å². The minimum absolute atomic E-state index is 0.229. The van der Waals surface area contributed by atoms with Crippen molar-refractivity contribution in [1.29, 1.82) is 0 Å². The molecule has 1 unspecified atom stereocenters. The van der Waals surface area contributed by atoms with E-state index < -0.39 is 0 Å². The molecule has 0 amide bonds. The van der Waals surface area contributed by atoms with Gasteiger partial charge < -0.3 is 11.1 Å². The summed E-state index contributed by atoms with van der Waals surface area (Å²) in [6.45, 7) is 13.9. The van der Waals surface area contributed by atoms with Gasteiger partial charge in [0.25, 0.3) is 0 Å². The maximum Gasteiger partial charge on any atom is 0.0208 e. The summed E-state index contributed by atoms with van der Waals surface area (Å²) in [5.74, 6) is 0.608. The van der Waals surface area contributed by atoms with Gasteiger partial charge in [-0.2, -0.15) is 0 Å². The van der Waals surface area contributed by atoms with Gasteiger partial charge in [0.05, 0.1) is 0 Å². The summed E-state index contributed by atoms with van der Waals surface area (Å²) in [4.78, 5) is 0. The zero-order valence-electron chi connectivity index (χ0n) is 13.2. The summed E-state index contributed by atoms with van der Waals surface area (Å²) in [6, 6.07) is 6.83. The second-order valence-electron chi connectivity index (χ2n) is 6.70.